The highest BCUT2D eigenvalue weighted by atomic mass is 31.2. The van der Waals surface area contributed by atoms with Crippen molar-refractivity contribution in [1.29, 1.82) is 0 Å². The summed E-state index contributed by atoms with van der Waals surface area (Å²) in [7, 11) is 0. The third kappa shape index (κ3) is 3.90. The summed E-state index contributed by atoms with van der Waals surface area (Å²) in [5.41, 5.74) is 0.518. The number of allylic oxidation sites excluding steroid dienone is 2. The quantitative estimate of drug-likeness (QED) is 0.734. The first-order valence-electron chi connectivity index (χ1n) is 7.55. The Hall–Kier alpha value is -0.870. The maximum absolute atomic E-state index is 11.7. The molecular formula is C16H26NO4P. The number of ether oxygens (including phenoxy) is 1. The second-order valence-electron chi connectivity index (χ2n) is 6.69. The van der Waals surface area contributed by atoms with Gasteiger partial charge in [0.1, 0.15) is 12.2 Å². The molecule has 22 heavy (non-hydrogen) atoms. The average molecular weight is 327 g/mol. The average Bonchev–Trinajstić information content (AvgIpc) is 2.73. The highest BCUT2D eigenvalue weighted by molar-refractivity contribution is 7.72. The van der Waals surface area contributed by atoms with E-state index in [2.05, 4.69) is 26.2 Å². The van der Waals surface area contributed by atoms with E-state index in [1.54, 1.807) is 11.1 Å². The molecule has 5 nitrogen and oxygen atoms in total. The fraction of sp³-hybridized carbons (Fsp3) is 0.625. The summed E-state index contributed by atoms with van der Waals surface area (Å²) in [5, 5.41) is 20.5. The number of hydrogen-bond donors (Lipinski definition) is 2. The summed E-state index contributed by atoms with van der Waals surface area (Å²) >= 11 is 0. The van der Waals surface area contributed by atoms with Crippen LogP contribution >= 0.6 is 6.89 Å². The topological polar surface area (TPSA) is 70.0 Å². The summed E-state index contributed by atoms with van der Waals surface area (Å²) in [6.45, 7) is 7.18. The fourth-order valence-electron chi connectivity index (χ4n) is 2.78. The number of aliphatic hydroxyl groups is 2. The summed E-state index contributed by atoms with van der Waals surface area (Å²) < 4.78 is 5.87. The second kappa shape index (κ2) is 6.71. The molecule has 0 aromatic rings. The van der Waals surface area contributed by atoms with Gasteiger partial charge in [0.15, 0.2) is 12.0 Å². The van der Waals surface area contributed by atoms with Crippen molar-refractivity contribution in [3.8, 4) is 0 Å². The van der Waals surface area contributed by atoms with Gasteiger partial charge in [0, 0.05) is 24.7 Å². The van der Waals surface area contributed by atoms with E-state index in [1.165, 1.54) is 6.08 Å². The lowest BCUT2D eigenvalue weighted by Crippen LogP contribution is -2.44. The Balaban J connectivity index is 2.07. The van der Waals surface area contributed by atoms with E-state index in [0.29, 0.717) is 25.0 Å². The van der Waals surface area contributed by atoms with Gasteiger partial charge in [-0.15, -0.1) is 13.2 Å². The molecule has 0 radical (unpaired) electrons. The predicted octanol–water partition coefficient (Wildman–Crippen LogP) is 0.877. The maximum Gasteiger partial charge on any atom is 0.166 e. The van der Waals surface area contributed by atoms with Crippen molar-refractivity contribution in [2.75, 3.05) is 26.0 Å². The van der Waals surface area contributed by atoms with Crippen LogP contribution in [0.4, 0.5) is 0 Å². The molecular weight excluding hydrogens is 301 g/mol. The van der Waals surface area contributed by atoms with Gasteiger partial charge in [-0.25, -0.2) is 0 Å². The molecule has 0 aliphatic carbocycles. The van der Waals surface area contributed by atoms with Crippen LogP contribution in [0.5, 0.6) is 0 Å². The molecule has 2 rings (SSSR count). The lowest BCUT2D eigenvalue weighted by Gasteiger charge is -2.32. The molecule has 0 saturated carbocycles. The van der Waals surface area contributed by atoms with Gasteiger partial charge < -0.3 is 19.8 Å². The van der Waals surface area contributed by atoms with Crippen molar-refractivity contribution < 1.29 is 19.7 Å². The molecule has 1 unspecified atom stereocenters. The number of carbonyl (C=O) groups is 1. The van der Waals surface area contributed by atoms with Crippen LogP contribution in [0.25, 0.3) is 0 Å². The number of nitrogens with zero attached hydrogens (tertiary/aromatic N) is 1. The Morgan fingerprint density at radius 1 is 1.45 bits per heavy atom. The lowest BCUT2D eigenvalue weighted by atomic mass is 10.0. The van der Waals surface area contributed by atoms with Crippen LogP contribution in [0.15, 0.2) is 24.4 Å². The SMILES string of the molecule is C=CC1=CN(C2O[C@H](CCP(=C)(C)C)[C@@H](O)[C@H]2O)CCC1=O. The van der Waals surface area contributed by atoms with Crippen LogP contribution in [0, 0.1) is 0 Å². The van der Waals surface area contributed by atoms with E-state index in [1.807, 2.05) is 0 Å². The van der Waals surface area contributed by atoms with Gasteiger partial charge in [0.2, 0.25) is 0 Å². The zero-order chi connectivity index (χ0) is 16.5. The van der Waals surface area contributed by atoms with Crippen molar-refractivity contribution in [3.05, 3.63) is 24.4 Å². The second-order valence-corrected chi connectivity index (χ2v) is 11.0. The molecule has 0 aromatic carbocycles. The van der Waals surface area contributed by atoms with E-state index in [4.69, 9.17) is 4.74 Å². The van der Waals surface area contributed by atoms with E-state index >= 15 is 0 Å². The molecule has 0 aromatic heterocycles. The first kappa shape index (κ1) is 17.5. The third-order valence-electron chi connectivity index (χ3n) is 4.13. The van der Waals surface area contributed by atoms with Crippen LogP contribution in [-0.2, 0) is 9.53 Å². The van der Waals surface area contributed by atoms with Crippen LogP contribution in [0.1, 0.15) is 12.8 Å². The maximum atomic E-state index is 11.7. The summed E-state index contributed by atoms with van der Waals surface area (Å²) in [6.07, 6.45) is 6.39. The smallest absolute Gasteiger partial charge is 0.166 e. The Bertz CT molecular complexity index is 524. The van der Waals surface area contributed by atoms with Gasteiger partial charge >= 0.3 is 0 Å². The molecule has 0 amide bonds. The summed E-state index contributed by atoms with van der Waals surface area (Å²) in [5.74, 6) is 0.0412. The van der Waals surface area contributed by atoms with Crippen LogP contribution < -0.4 is 0 Å². The number of Topliss-reactive ketones (excluding diaryl/α,β-unsaturated/α-hetero) is 1. The van der Waals surface area contributed by atoms with E-state index in [9.17, 15) is 15.0 Å². The first-order valence-corrected chi connectivity index (χ1v) is 10.6. The van der Waals surface area contributed by atoms with Gasteiger partial charge in [0.05, 0.1) is 6.10 Å². The fourth-order valence-corrected chi connectivity index (χ4v) is 3.73. The number of carbonyl (C=O) groups excluding carboxylic acids is 1. The van der Waals surface area contributed by atoms with Crippen molar-refractivity contribution in [1.82, 2.24) is 4.90 Å². The summed E-state index contributed by atoms with van der Waals surface area (Å²) in [6, 6.07) is 0. The van der Waals surface area contributed by atoms with Gasteiger partial charge in [-0.2, -0.15) is 0 Å². The van der Waals surface area contributed by atoms with Gasteiger partial charge in [0.25, 0.3) is 0 Å². The molecule has 2 aliphatic heterocycles. The Morgan fingerprint density at radius 3 is 2.73 bits per heavy atom. The largest absolute Gasteiger partial charge is 0.388 e. The number of hydrogen-bond acceptors (Lipinski definition) is 5. The van der Waals surface area contributed by atoms with E-state index < -0.39 is 25.3 Å². The van der Waals surface area contributed by atoms with Crippen molar-refractivity contribution >= 4 is 19.0 Å². The van der Waals surface area contributed by atoms with Crippen molar-refractivity contribution in [3.63, 3.8) is 0 Å². The number of ketones is 1. The minimum absolute atomic E-state index is 0.0412. The minimum atomic E-state index is -1.20. The molecule has 1 saturated heterocycles. The predicted molar refractivity (Wildman–Crippen MR) is 90.7 cm³/mol. The number of aliphatic hydroxyl groups excluding tert-OH is 2. The molecule has 6 heteroatoms. The highest BCUT2D eigenvalue weighted by Gasteiger charge is 2.45. The molecule has 2 heterocycles. The molecule has 124 valence electrons. The van der Waals surface area contributed by atoms with E-state index in [-0.39, 0.29) is 11.9 Å². The van der Waals surface area contributed by atoms with Crippen LogP contribution in [0.2, 0.25) is 0 Å². The van der Waals surface area contributed by atoms with Crippen molar-refractivity contribution in [2.45, 2.75) is 37.4 Å². The molecule has 1 fully saturated rings. The van der Waals surface area contributed by atoms with Gasteiger partial charge in [-0.3, -0.25) is 4.79 Å². The zero-order valence-electron chi connectivity index (χ0n) is 13.3. The van der Waals surface area contributed by atoms with Gasteiger partial charge in [-0.1, -0.05) is 12.7 Å². The first-order chi connectivity index (χ1) is 10.2. The molecule has 2 aliphatic rings. The standard InChI is InChI=1S/C16H26NO4P/c1-5-11-10-17(8-6-12(11)18)16-15(20)14(19)13(21-16)7-9-22(2,3)4/h5,10,13-16,19-20H,1-2,6-9H2,3-4H3/t13-,14-,15-,16?/m1/s1. The third-order valence-corrected chi connectivity index (χ3v) is 5.60. The van der Waals surface area contributed by atoms with E-state index in [0.717, 1.165) is 6.16 Å². The zero-order valence-corrected chi connectivity index (χ0v) is 14.2. The minimum Gasteiger partial charge on any atom is -0.388 e. The molecule has 4 atom stereocenters. The monoisotopic (exact) mass is 327 g/mol. The van der Waals surface area contributed by atoms with Crippen molar-refractivity contribution in [2.24, 2.45) is 0 Å². The van der Waals surface area contributed by atoms with Crippen LogP contribution in [0.3, 0.4) is 0 Å². The molecule has 0 spiro atoms. The Kier molecular flexibility index (Phi) is 5.33. The number of rotatable bonds is 5. The normalized spacial score (nSPS) is 33.0. The lowest BCUT2D eigenvalue weighted by molar-refractivity contribution is -0.118. The van der Waals surface area contributed by atoms with Crippen LogP contribution in [-0.4, -0.2) is 77.8 Å². The molecule has 2 N–H and O–H groups in total. The summed E-state index contributed by atoms with van der Waals surface area (Å²) in [4.78, 5) is 13.5. The molecule has 0 bridgehead atoms. The Labute approximate surface area is 132 Å². The Morgan fingerprint density at radius 2 is 2.14 bits per heavy atom. The van der Waals surface area contributed by atoms with Gasteiger partial charge in [-0.05, 0) is 25.9 Å². The highest BCUT2D eigenvalue weighted by Crippen LogP contribution is 2.38.